The van der Waals surface area contributed by atoms with Crippen LogP contribution in [0.2, 0.25) is 0 Å². The van der Waals surface area contributed by atoms with E-state index in [1.807, 2.05) is 36.0 Å². The van der Waals surface area contributed by atoms with Gasteiger partial charge in [-0.3, -0.25) is 0 Å². The number of rotatable bonds is 5. The number of aromatic nitrogens is 1. The smallest absolute Gasteiger partial charge is 0.295 e. The Kier molecular flexibility index (Phi) is 3.50. The van der Waals surface area contributed by atoms with Crippen LogP contribution in [0.1, 0.15) is 6.42 Å². The van der Waals surface area contributed by atoms with E-state index in [4.69, 9.17) is 4.42 Å². The summed E-state index contributed by atoms with van der Waals surface area (Å²) in [4.78, 5) is 4.33. The van der Waals surface area contributed by atoms with Crippen molar-refractivity contribution in [3.05, 3.63) is 24.3 Å². The minimum absolute atomic E-state index is 0.623. The van der Waals surface area contributed by atoms with Gasteiger partial charge in [0, 0.05) is 6.54 Å². The third-order valence-electron chi connectivity index (χ3n) is 2.10. The maximum Gasteiger partial charge on any atom is 0.295 e. The third-order valence-corrected chi connectivity index (χ3v) is 2.79. The molecule has 1 heterocycles. The molecule has 15 heavy (non-hydrogen) atoms. The van der Waals surface area contributed by atoms with Gasteiger partial charge in [0.2, 0.25) is 0 Å². The molecule has 0 radical (unpaired) electrons. The molecule has 1 aromatic carbocycles. The molecule has 0 saturated heterocycles. The maximum atomic E-state index is 5.52. The number of para-hydroxylation sites is 2. The normalized spacial score (nSPS) is 10.7. The Bertz CT molecular complexity index is 394. The summed E-state index contributed by atoms with van der Waals surface area (Å²) in [5, 5.41) is 3.18. The highest BCUT2D eigenvalue weighted by molar-refractivity contribution is 7.98. The number of thioether (sulfide) groups is 1. The van der Waals surface area contributed by atoms with Crippen LogP contribution in [0.25, 0.3) is 11.1 Å². The highest BCUT2D eigenvalue weighted by Crippen LogP contribution is 2.17. The number of nitrogens with zero attached hydrogens (tertiary/aromatic N) is 1. The lowest BCUT2D eigenvalue weighted by Gasteiger charge is -1.98. The summed E-state index contributed by atoms with van der Waals surface area (Å²) in [5.74, 6) is 1.16. The number of hydrogen-bond acceptors (Lipinski definition) is 4. The van der Waals surface area contributed by atoms with Crippen molar-refractivity contribution in [1.82, 2.24) is 4.98 Å². The highest BCUT2D eigenvalue weighted by Gasteiger charge is 2.02. The van der Waals surface area contributed by atoms with Crippen molar-refractivity contribution in [2.75, 3.05) is 23.9 Å². The van der Waals surface area contributed by atoms with E-state index < -0.39 is 0 Å². The molecule has 2 aromatic rings. The Morgan fingerprint density at radius 1 is 1.40 bits per heavy atom. The van der Waals surface area contributed by atoms with Crippen molar-refractivity contribution in [1.29, 1.82) is 0 Å². The number of anilines is 1. The summed E-state index contributed by atoms with van der Waals surface area (Å²) in [5.41, 5.74) is 1.75. The van der Waals surface area contributed by atoms with E-state index in [0.717, 1.165) is 29.8 Å². The van der Waals surface area contributed by atoms with E-state index in [2.05, 4.69) is 16.6 Å². The molecule has 2 rings (SSSR count). The molecule has 1 aromatic heterocycles. The fraction of sp³-hybridized carbons (Fsp3) is 0.364. The van der Waals surface area contributed by atoms with Crippen LogP contribution in [0, 0.1) is 0 Å². The maximum absolute atomic E-state index is 5.52. The quantitative estimate of drug-likeness (QED) is 0.789. The van der Waals surface area contributed by atoms with E-state index in [1.165, 1.54) is 0 Å². The first-order valence-corrected chi connectivity index (χ1v) is 6.38. The average molecular weight is 222 g/mol. The molecule has 0 saturated carbocycles. The summed E-state index contributed by atoms with van der Waals surface area (Å²) in [6.07, 6.45) is 3.24. The van der Waals surface area contributed by atoms with Gasteiger partial charge in [-0.25, -0.2) is 0 Å². The van der Waals surface area contributed by atoms with Gasteiger partial charge < -0.3 is 9.73 Å². The average Bonchev–Trinajstić information content (AvgIpc) is 2.67. The number of nitrogens with one attached hydrogen (secondary N) is 1. The lowest BCUT2D eigenvalue weighted by Crippen LogP contribution is -2.02. The Morgan fingerprint density at radius 3 is 3.07 bits per heavy atom. The Balaban J connectivity index is 1.97. The summed E-state index contributed by atoms with van der Waals surface area (Å²) >= 11 is 1.85. The SMILES string of the molecule is CSCCCNc1nc2ccccc2o1. The van der Waals surface area contributed by atoms with Gasteiger partial charge in [0.1, 0.15) is 5.52 Å². The zero-order valence-electron chi connectivity index (χ0n) is 8.69. The first kappa shape index (κ1) is 10.4. The molecular formula is C11H14N2OS. The van der Waals surface area contributed by atoms with Crippen LogP contribution >= 0.6 is 11.8 Å². The van der Waals surface area contributed by atoms with Crippen LogP contribution in [0.3, 0.4) is 0 Å². The number of oxazole rings is 1. The van der Waals surface area contributed by atoms with E-state index in [0.29, 0.717) is 6.01 Å². The Morgan fingerprint density at radius 2 is 2.27 bits per heavy atom. The van der Waals surface area contributed by atoms with Crippen LogP contribution in [0.5, 0.6) is 0 Å². The fourth-order valence-corrected chi connectivity index (χ4v) is 1.79. The molecule has 0 aliphatic rings. The standard InChI is InChI=1S/C11H14N2OS/c1-15-8-4-7-12-11-13-9-5-2-3-6-10(9)14-11/h2-3,5-6H,4,7-8H2,1H3,(H,12,13). The van der Waals surface area contributed by atoms with Crippen LogP contribution in [0.15, 0.2) is 28.7 Å². The Labute approximate surface area is 93.3 Å². The molecule has 0 bridgehead atoms. The second-order valence-electron chi connectivity index (χ2n) is 3.26. The molecule has 0 unspecified atom stereocenters. The van der Waals surface area contributed by atoms with Gasteiger partial charge in [0.25, 0.3) is 6.01 Å². The molecular weight excluding hydrogens is 208 g/mol. The minimum atomic E-state index is 0.623. The number of fused-ring (bicyclic) bond motifs is 1. The van der Waals surface area contributed by atoms with Gasteiger partial charge >= 0.3 is 0 Å². The summed E-state index contributed by atoms with van der Waals surface area (Å²) < 4.78 is 5.52. The van der Waals surface area contributed by atoms with Crippen molar-refractivity contribution in [2.45, 2.75) is 6.42 Å². The zero-order valence-corrected chi connectivity index (χ0v) is 9.51. The number of hydrogen-bond donors (Lipinski definition) is 1. The van der Waals surface area contributed by atoms with Crippen LogP contribution in [0.4, 0.5) is 6.01 Å². The molecule has 0 aliphatic heterocycles. The van der Waals surface area contributed by atoms with Crippen LogP contribution in [-0.4, -0.2) is 23.5 Å². The van der Waals surface area contributed by atoms with Crippen LogP contribution < -0.4 is 5.32 Å². The topological polar surface area (TPSA) is 38.1 Å². The third kappa shape index (κ3) is 2.65. The van der Waals surface area contributed by atoms with Gasteiger partial charge in [-0.05, 0) is 30.6 Å². The lowest BCUT2D eigenvalue weighted by atomic mass is 10.3. The zero-order chi connectivity index (χ0) is 10.5. The molecule has 0 atom stereocenters. The molecule has 1 N–H and O–H groups in total. The lowest BCUT2D eigenvalue weighted by molar-refractivity contribution is 0.614. The van der Waals surface area contributed by atoms with Gasteiger partial charge in [-0.2, -0.15) is 16.7 Å². The molecule has 0 spiro atoms. The van der Waals surface area contributed by atoms with Gasteiger partial charge in [0.15, 0.2) is 5.58 Å². The fourth-order valence-electron chi connectivity index (χ4n) is 1.36. The van der Waals surface area contributed by atoms with Crippen molar-refractivity contribution < 1.29 is 4.42 Å². The highest BCUT2D eigenvalue weighted by atomic mass is 32.2. The van der Waals surface area contributed by atoms with Crippen molar-refractivity contribution in [3.63, 3.8) is 0 Å². The van der Waals surface area contributed by atoms with Gasteiger partial charge in [0.05, 0.1) is 0 Å². The van der Waals surface area contributed by atoms with Crippen molar-refractivity contribution in [2.24, 2.45) is 0 Å². The molecule has 0 fully saturated rings. The molecule has 3 nitrogen and oxygen atoms in total. The summed E-state index contributed by atoms with van der Waals surface area (Å²) in [6, 6.07) is 8.41. The predicted molar refractivity (Wildman–Crippen MR) is 65.5 cm³/mol. The minimum Gasteiger partial charge on any atom is -0.424 e. The van der Waals surface area contributed by atoms with Gasteiger partial charge in [-0.1, -0.05) is 12.1 Å². The van der Waals surface area contributed by atoms with Crippen LogP contribution in [-0.2, 0) is 0 Å². The summed E-state index contributed by atoms with van der Waals surface area (Å²) in [6.45, 7) is 0.910. The molecule has 0 aliphatic carbocycles. The molecule has 4 heteroatoms. The van der Waals surface area contributed by atoms with Crippen molar-refractivity contribution >= 4 is 28.9 Å². The molecule has 80 valence electrons. The second kappa shape index (κ2) is 5.07. The van der Waals surface area contributed by atoms with E-state index in [9.17, 15) is 0 Å². The van der Waals surface area contributed by atoms with E-state index >= 15 is 0 Å². The van der Waals surface area contributed by atoms with E-state index in [-0.39, 0.29) is 0 Å². The molecule has 0 amide bonds. The van der Waals surface area contributed by atoms with E-state index in [1.54, 1.807) is 0 Å². The predicted octanol–water partition coefficient (Wildman–Crippen LogP) is 2.99. The van der Waals surface area contributed by atoms with Gasteiger partial charge in [-0.15, -0.1) is 0 Å². The first-order valence-electron chi connectivity index (χ1n) is 4.98. The monoisotopic (exact) mass is 222 g/mol. The Hall–Kier alpha value is -1.16. The first-order chi connectivity index (χ1) is 7.40. The van der Waals surface area contributed by atoms with Crippen molar-refractivity contribution in [3.8, 4) is 0 Å². The summed E-state index contributed by atoms with van der Waals surface area (Å²) in [7, 11) is 0. The second-order valence-corrected chi connectivity index (χ2v) is 4.25. The number of benzene rings is 1. The largest absolute Gasteiger partial charge is 0.424 e.